The van der Waals surface area contributed by atoms with Gasteiger partial charge in [-0.3, -0.25) is 0 Å². The molecule has 0 amide bonds. The van der Waals surface area contributed by atoms with Crippen molar-refractivity contribution in [2.75, 3.05) is 0 Å². The lowest BCUT2D eigenvalue weighted by Gasteiger charge is -2.09. The molecule has 0 heterocycles. The highest BCUT2D eigenvalue weighted by Crippen LogP contribution is 2.37. The Kier molecular flexibility index (Phi) is 1.71. The van der Waals surface area contributed by atoms with Gasteiger partial charge in [0.05, 0.1) is 0 Å². The molecule has 1 aliphatic rings. The van der Waals surface area contributed by atoms with Crippen LogP contribution in [-0.4, -0.2) is 0 Å². The summed E-state index contributed by atoms with van der Waals surface area (Å²) in [5.41, 5.74) is 4.55. The minimum absolute atomic E-state index is 0.764. The van der Waals surface area contributed by atoms with Gasteiger partial charge in [-0.1, -0.05) is 37.6 Å². The molecular weight excluding hydrogens is 144 g/mol. The van der Waals surface area contributed by atoms with Crippen molar-refractivity contribution in [3.8, 4) is 0 Å². The van der Waals surface area contributed by atoms with Crippen molar-refractivity contribution in [1.82, 2.24) is 0 Å². The molecule has 0 spiro atoms. The van der Waals surface area contributed by atoms with E-state index in [1.54, 1.807) is 11.1 Å². The molecule has 0 heteroatoms. The van der Waals surface area contributed by atoms with Crippen LogP contribution in [0.5, 0.6) is 0 Å². The summed E-state index contributed by atoms with van der Waals surface area (Å²) < 4.78 is 0. The molecule has 0 saturated heterocycles. The highest BCUT2D eigenvalue weighted by atomic mass is 14.3. The average molecular weight is 160 g/mol. The minimum atomic E-state index is 0.764. The van der Waals surface area contributed by atoms with Crippen LogP contribution in [0, 0.1) is 12.8 Å². The zero-order valence-electron chi connectivity index (χ0n) is 8.09. The molecule has 0 bridgehead atoms. The van der Waals surface area contributed by atoms with E-state index in [0.717, 1.165) is 11.8 Å². The molecule has 2 atom stereocenters. The summed E-state index contributed by atoms with van der Waals surface area (Å²) in [6.45, 7) is 6.87. The summed E-state index contributed by atoms with van der Waals surface area (Å²) in [5, 5.41) is 0. The third-order valence-electron chi connectivity index (χ3n) is 3.19. The van der Waals surface area contributed by atoms with Gasteiger partial charge in [0.25, 0.3) is 0 Å². The van der Waals surface area contributed by atoms with E-state index in [1.165, 1.54) is 12.0 Å². The average Bonchev–Trinajstić information content (AvgIpc) is 2.31. The maximum Gasteiger partial charge on any atom is -0.0159 e. The van der Waals surface area contributed by atoms with Gasteiger partial charge in [0.2, 0.25) is 0 Å². The maximum atomic E-state index is 2.35. The van der Waals surface area contributed by atoms with Crippen molar-refractivity contribution in [3.63, 3.8) is 0 Å². The molecule has 1 unspecified atom stereocenters. The Labute approximate surface area is 74.6 Å². The van der Waals surface area contributed by atoms with Gasteiger partial charge in [-0.25, -0.2) is 0 Å². The van der Waals surface area contributed by atoms with E-state index in [-0.39, 0.29) is 0 Å². The highest BCUT2D eigenvalue weighted by molar-refractivity contribution is 5.38. The SMILES string of the molecule is Cc1ccc2c(c1)[C@H](C)C(C)C2. The third-order valence-corrected chi connectivity index (χ3v) is 3.19. The Hall–Kier alpha value is -0.780. The summed E-state index contributed by atoms with van der Waals surface area (Å²) in [7, 11) is 0. The number of fused-ring (bicyclic) bond motifs is 1. The number of rotatable bonds is 0. The van der Waals surface area contributed by atoms with E-state index in [1.807, 2.05) is 0 Å². The summed E-state index contributed by atoms with van der Waals surface area (Å²) >= 11 is 0. The number of hydrogen-bond acceptors (Lipinski definition) is 0. The van der Waals surface area contributed by atoms with Gasteiger partial charge in [0.15, 0.2) is 0 Å². The zero-order chi connectivity index (χ0) is 8.72. The van der Waals surface area contributed by atoms with Gasteiger partial charge < -0.3 is 0 Å². The van der Waals surface area contributed by atoms with Crippen LogP contribution >= 0.6 is 0 Å². The second-order valence-electron chi connectivity index (χ2n) is 4.17. The predicted molar refractivity (Wildman–Crippen MR) is 52.5 cm³/mol. The zero-order valence-corrected chi connectivity index (χ0v) is 8.09. The Morgan fingerprint density at radius 2 is 2.00 bits per heavy atom. The van der Waals surface area contributed by atoms with Crippen LogP contribution < -0.4 is 0 Å². The molecule has 1 aromatic carbocycles. The molecule has 1 aromatic rings. The van der Waals surface area contributed by atoms with Crippen molar-refractivity contribution in [2.45, 2.75) is 33.1 Å². The van der Waals surface area contributed by atoms with Gasteiger partial charge in [0, 0.05) is 0 Å². The lowest BCUT2D eigenvalue weighted by molar-refractivity contribution is 0.532. The van der Waals surface area contributed by atoms with Gasteiger partial charge >= 0.3 is 0 Å². The van der Waals surface area contributed by atoms with Crippen molar-refractivity contribution < 1.29 is 0 Å². The van der Waals surface area contributed by atoms with E-state index in [0.29, 0.717) is 0 Å². The van der Waals surface area contributed by atoms with Crippen LogP contribution in [0.15, 0.2) is 18.2 Å². The molecule has 0 saturated carbocycles. The van der Waals surface area contributed by atoms with Crippen LogP contribution in [0.4, 0.5) is 0 Å². The van der Waals surface area contributed by atoms with E-state index in [9.17, 15) is 0 Å². The molecule has 0 nitrogen and oxygen atoms in total. The predicted octanol–water partition coefficient (Wildman–Crippen LogP) is 3.29. The van der Waals surface area contributed by atoms with Crippen LogP contribution in [0.1, 0.15) is 36.5 Å². The van der Waals surface area contributed by atoms with Gasteiger partial charge in [0.1, 0.15) is 0 Å². The normalized spacial score (nSPS) is 27.2. The van der Waals surface area contributed by atoms with Gasteiger partial charge in [-0.05, 0) is 36.3 Å². The summed E-state index contributed by atoms with van der Waals surface area (Å²) in [4.78, 5) is 0. The minimum Gasteiger partial charge on any atom is -0.0616 e. The van der Waals surface area contributed by atoms with Gasteiger partial charge in [-0.2, -0.15) is 0 Å². The van der Waals surface area contributed by atoms with Crippen LogP contribution in [-0.2, 0) is 6.42 Å². The Bertz CT molecular complexity index is 299. The quantitative estimate of drug-likeness (QED) is 0.546. The molecule has 0 aromatic heterocycles. The van der Waals surface area contributed by atoms with E-state index < -0.39 is 0 Å². The fourth-order valence-electron chi connectivity index (χ4n) is 2.15. The lowest BCUT2D eigenvalue weighted by Crippen LogP contribution is -1.97. The Morgan fingerprint density at radius 1 is 1.25 bits per heavy atom. The lowest BCUT2D eigenvalue weighted by atomic mass is 9.96. The topological polar surface area (TPSA) is 0 Å². The molecule has 1 aliphatic carbocycles. The molecule has 12 heavy (non-hydrogen) atoms. The first-order valence-electron chi connectivity index (χ1n) is 4.78. The Balaban J connectivity index is 2.48. The monoisotopic (exact) mass is 160 g/mol. The smallest absolute Gasteiger partial charge is 0.0159 e. The maximum absolute atomic E-state index is 2.35. The molecule has 64 valence electrons. The highest BCUT2D eigenvalue weighted by Gasteiger charge is 2.24. The largest absolute Gasteiger partial charge is 0.0616 e. The Morgan fingerprint density at radius 3 is 2.75 bits per heavy atom. The van der Waals surface area contributed by atoms with Crippen LogP contribution in [0.3, 0.4) is 0 Å². The molecule has 0 aliphatic heterocycles. The molecule has 0 radical (unpaired) electrons. The number of aryl methyl sites for hydroxylation is 1. The fourth-order valence-corrected chi connectivity index (χ4v) is 2.15. The van der Waals surface area contributed by atoms with E-state index in [4.69, 9.17) is 0 Å². The fraction of sp³-hybridized carbons (Fsp3) is 0.500. The second-order valence-corrected chi connectivity index (χ2v) is 4.17. The first-order chi connectivity index (χ1) is 5.68. The van der Waals surface area contributed by atoms with E-state index >= 15 is 0 Å². The van der Waals surface area contributed by atoms with Crippen LogP contribution in [0.2, 0.25) is 0 Å². The van der Waals surface area contributed by atoms with Crippen molar-refractivity contribution in [2.24, 2.45) is 5.92 Å². The van der Waals surface area contributed by atoms with E-state index in [2.05, 4.69) is 39.0 Å². The number of benzene rings is 1. The third kappa shape index (κ3) is 1.06. The van der Waals surface area contributed by atoms with Gasteiger partial charge in [-0.15, -0.1) is 0 Å². The number of hydrogen-bond donors (Lipinski definition) is 0. The van der Waals surface area contributed by atoms with Crippen molar-refractivity contribution >= 4 is 0 Å². The van der Waals surface area contributed by atoms with Crippen molar-refractivity contribution in [3.05, 3.63) is 34.9 Å². The summed E-state index contributed by atoms with van der Waals surface area (Å²) in [6.07, 6.45) is 1.27. The second kappa shape index (κ2) is 2.62. The molecular formula is C12H16. The first kappa shape index (κ1) is 7.85. The molecule has 2 rings (SSSR count). The van der Waals surface area contributed by atoms with Crippen molar-refractivity contribution in [1.29, 1.82) is 0 Å². The summed E-state index contributed by atoms with van der Waals surface area (Å²) in [6, 6.07) is 6.87. The summed E-state index contributed by atoms with van der Waals surface area (Å²) in [5.74, 6) is 1.60. The molecule has 0 N–H and O–H groups in total. The first-order valence-corrected chi connectivity index (χ1v) is 4.78. The molecule has 0 fully saturated rings. The standard InChI is InChI=1S/C12H16/c1-8-4-5-11-7-9(2)10(3)12(11)6-8/h4-6,9-10H,7H2,1-3H3/t9?,10-/m1/s1. The van der Waals surface area contributed by atoms with Crippen LogP contribution in [0.25, 0.3) is 0 Å².